The number of aromatic nitrogens is 3. The van der Waals surface area contributed by atoms with Crippen molar-refractivity contribution in [3.8, 4) is 11.5 Å². The molecule has 3 heterocycles. The Hall–Kier alpha value is -3.10. The van der Waals surface area contributed by atoms with Gasteiger partial charge in [0.25, 0.3) is 5.91 Å². The zero-order chi connectivity index (χ0) is 22.1. The van der Waals surface area contributed by atoms with Gasteiger partial charge in [0.2, 0.25) is 0 Å². The highest BCUT2D eigenvalue weighted by Gasteiger charge is 2.24. The second kappa shape index (κ2) is 8.80. The van der Waals surface area contributed by atoms with Crippen LogP contribution in [0.25, 0.3) is 10.2 Å². The van der Waals surface area contributed by atoms with Crippen molar-refractivity contribution < 1.29 is 14.3 Å². The summed E-state index contributed by atoms with van der Waals surface area (Å²) in [7, 11) is 0. The molecule has 0 unspecified atom stereocenters. The fourth-order valence-electron chi connectivity index (χ4n) is 3.70. The molecular weight excluding hydrogens is 448 g/mol. The first kappa shape index (κ1) is 20.8. The Morgan fingerprint density at radius 2 is 2.06 bits per heavy atom. The van der Waals surface area contributed by atoms with Gasteiger partial charge in [-0.3, -0.25) is 9.69 Å². The Kier molecular flexibility index (Phi) is 5.71. The van der Waals surface area contributed by atoms with Crippen LogP contribution in [0.2, 0.25) is 5.02 Å². The van der Waals surface area contributed by atoms with Gasteiger partial charge in [0, 0.05) is 36.1 Å². The molecule has 1 amide bonds. The number of fused-ring (bicyclic) bond motifs is 2. The molecular formula is C23H21ClN4O3S. The first-order valence-corrected chi connectivity index (χ1v) is 11.5. The molecule has 32 heavy (non-hydrogen) atoms. The number of imidazole rings is 1. The van der Waals surface area contributed by atoms with E-state index in [1.54, 1.807) is 35.6 Å². The molecule has 164 valence electrons. The molecule has 1 aliphatic rings. The third-order valence-electron chi connectivity index (χ3n) is 5.26. The fourth-order valence-corrected chi connectivity index (χ4v) is 5.15. The molecule has 0 bridgehead atoms. The smallest absolute Gasteiger partial charge is 0.260 e. The molecule has 0 saturated carbocycles. The second-order valence-electron chi connectivity index (χ2n) is 7.54. The molecule has 0 N–H and O–H groups in total. The molecule has 4 aromatic rings. The van der Waals surface area contributed by atoms with Gasteiger partial charge in [-0.25, -0.2) is 9.97 Å². The number of nitrogens with zero attached hydrogens (tertiary/aromatic N) is 4. The van der Waals surface area contributed by atoms with Crippen LogP contribution in [0.15, 0.2) is 49.1 Å². The van der Waals surface area contributed by atoms with Gasteiger partial charge in [0.1, 0.15) is 13.2 Å². The van der Waals surface area contributed by atoms with E-state index in [2.05, 4.69) is 4.98 Å². The lowest BCUT2D eigenvalue weighted by molar-refractivity contribution is 0.0985. The van der Waals surface area contributed by atoms with E-state index in [0.717, 1.165) is 28.7 Å². The van der Waals surface area contributed by atoms with Gasteiger partial charge in [-0.05, 0) is 49.2 Å². The van der Waals surface area contributed by atoms with Crippen molar-refractivity contribution in [1.82, 2.24) is 14.5 Å². The number of carbonyl (C=O) groups is 1. The van der Waals surface area contributed by atoms with Gasteiger partial charge < -0.3 is 14.0 Å². The van der Waals surface area contributed by atoms with E-state index >= 15 is 0 Å². The van der Waals surface area contributed by atoms with Crippen molar-refractivity contribution in [2.75, 3.05) is 24.7 Å². The van der Waals surface area contributed by atoms with E-state index in [9.17, 15) is 4.79 Å². The number of benzene rings is 2. The number of carbonyl (C=O) groups excluding carboxylic acids is 1. The first-order valence-electron chi connectivity index (χ1n) is 10.3. The van der Waals surface area contributed by atoms with Crippen LogP contribution in [0, 0.1) is 6.92 Å². The van der Waals surface area contributed by atoms with Crippen molar-refractivity contribution in [1.29, 1.82) is 0 Å². The standard InChI is InChI=1S/C23H21ClN4O3S/c1-15-11-17(24)13-20-21(15)26-23(32-20)28(7-2-6-27-8-5-25-14-27)22(29)16-3-4-18-19(12-16)31-10-9-30-18/h3-5,8,11-14H,2,6-7,9-10H2,1H3. The maximum atomic E-state index is 13.6. The Morgan fingerprint density at radius 3 is 2.88 bits per heavy atom. The lowest BCUT2D eigenvalue weighted by atomic mass is 10.1. The van der Waals surface area contributed by atoms with Crippen LogP contribution in [0.4, 0.5) is 5.13 Å². The summed E-state index contributed by atoms with van der Waals surface area (Å²) in [6.07, 6.45) is 6.19. The number of amides is 1. The average molecular weight is 469 g/mol. The van der Waals surface area contributed by atoms with Crippen LogP contribution < -0.4 is 14.4 Å². The molecule has 9 heteroatoms. The summed E-state index contributed by atoms with van der Waals surface area (Å²) in [5, 5.41) is 1.31. The normalized spacial score (nSPS) is 12.8. The van der Waals surface area contributed by atoms with Crippen LogP contribution in [0.5, 0.6) is 11.5 Å². The van der Waals surface area contributed by atoms with E-state index in [1.807, 2.05) is 29.8 Å². The minimum atomic E-state index is -0.129. The molecule has 1 aliphatic heterocycles. The summed E-state index contributed by atoms with van der Waals surface area (Å²) >= 11 is 7.71. The predicted octanol–water partition coefficient (Wildman–Crippen LogP) is 4.96. The molecule has 0 atom stereocenters. The van der Waals surface area contributed by atoms with Gasteiger partial charge in [-0.1, -0.05) is 22.9 Å². The van der Waals surface area contributed by atoms with Crippen LogP contribution in [0.3, 0.4) is 0 Å². The third-order valence-corrected chi connectivity index (χ3v) is 6.50. The Morgan fingerprint density at radius 1 is 1.22 bits per heavy atom. The SMILES string of the molecule is Cc1cc(Cl)cc2sc(N(CCCn3ccnc3)C(=O)c3ccc4c(c3)OCCO4)nc12. The number of rotatable bonds is 6. The fraction of sp³-hybridized carbons (Fsp3) is 0.261. The van der Waals surface area contributed by atoms with Crippen LogP contribution in [-0.4, -0.2) is 40.2 Å². The highest BCUT2D eigenvalue weighted by atomic mass is 35.5. The van der Waals surface area contributed by atoms with E-state index in [-0.39, 0.29) is 5.91 Å². The van der Waals surface area contributed by atoms with Crippen molar-refractivity contribution in [3.63, 3.8) is 0 Å². The molecule has 2 aromatic carbocycles. The first-order chi connectivity index (χ1) is 15.6. The van der Waals surface area contributed by atoms with Gasteiger partial charge in [0.05, 0.1) is 16.5 Å². The van der Waals surface area contributed by atoms with E-state index in [4.69, 9.17) is 26.1 Å². The third kappa shape index (κ3) is 4.16. The molecule has 5 rings (SSSR count). The number of hydrogen-bond donors (Lipinski definition) is 0. The zero-order valence-corrected chi connectivity index (χ0v) is 19.0. The second-order valence-corrected chi connectivity index (χ2v) is 8.98. The number of thiazole rings is 1. The van der Waals surface area contributed by atoms with Gasteiger partial charge in [-0.15, -0.1) is 0 Å². The molecule has 0 fully saturated rings. The summed E-state index contributed by atoms with van der Waals surface area (Å²) in [6, 6.07) is 9.08. The Balaban J connectivity index is 1.47. The zero-order valence-electron chi connectivity index (χ0n) is 17.5. The number of ether oxygens (including phenoxy) is 2. The van der Waals surface area contributed by atoms with Crippen molar-refractivity contribution in [2.45, 2.75) is 19.9 Å². The Labute approximate surface area is 194 Å². The predicted molar refractivity (Wildman–Crippen MR) is 125 cm³/mol. The molecule has 0 saturated heterocycles. The number of anilines is 1. The van der Waals surface area contributed by atoms with Crippen molar-refractivity contribution >= 4 is 44.2 Å². The molecule has 2 aromatic heterocycles. The van der Waals surface area contributed by atoms with E-state index in [0.29, 0.717) is 47.0 Å². The molecule has 0 spiro atoms. The van der Waals surface area contributed by atoms with E-state index in [1.165, 1.54) is 11.3 Å². The lowest BCUT2D eigenvalue weighted by Gasteiger charge is -2.22. The lowest BCUT2D eigenvalue weighted by Crippen LogP contribution is -2.32. The van der Waals surface area contributed by atoms with Gasteiger partial charge in [-0.2, -0.15) is 0 Å². The largest absolute Gasteiger partial charge is 0.486 e. The highest BCUT2D eigenvalue weighted by Crippen LogP contribution is 2.35. The quantitative estimate of drug-likeness (QED) is 0.400. The monoisotopic (exact) mass is 468 g/mol. The topological polar surface area (TPSA) is 69.5 Å². The number of hydrogen-bond acceptors (Lipinski definition) is 6. The summed E-state index contributed by atoms with van der Waals surface area (Å²) in [6.45, 7) is 4.22. The van der Waals surface area contributed by atoms with Gasteiger partial charge >= 0.3 is 0 Å². The average Bonchev–Trinajstić information content (AvgIpc) is 3.46. The van der Waals surface area contributed by atoms with Crippen LogP contribution in [0.1, 0.15) is 22.3 Å². The summed E-state index contributed by atoms with van der Waals surface area (Å²) in [5.74, 6) is 1.12. The van der Waals surface area contributed by atoms with E-state index < -0.39 is 0 Å². The van der Waals surface area contributed by atoms with Crippen LogP contribution in [-0.2, 0) is 6.54 Å². The molecule has 7 nitrogen and oxygen atoms in total. The van der Waals surface area contributed by atoms with Gasteiger partial charge in [0.15, 0.2) is 16.6 Å². The van der Waals surface area contributed by atoms with Crippen molar-refractivity contribution in [2.24, 2.45) is 0 Å². The Bertz CT molecular complexity index is 1270. The minimum Gasteiger partial charge on any atom is -0.486 e. The maximum Gasteiger partial charge on any atom is 0.260 e. The molecule has 0 radical (unpaired) electrons. The summed E-state index contributed by atoms with van der Waals surface area (Å²) in [4.78, 5) is 24.2. The summed E-state index contributed by atoms with van der Waals surface area (Å²) in [5.41, 5.74) is 2.38. The minimum absolute atomic E-state index is 0.129. The highest BCUT2D eigenvalue weighted by molar-refractivity contribution is 7.22. The molecule has 0 aliphatic carbocycles. The number of aryl methyl sites for hydroxylation is 2. The number of halogens is 1. The van der Waals surface area contributed by atoms with Crippen molar-refractivity contribution in [3.05, 3.63) is 65.2 Å². The summed E-state index contributed by atoms with van der Waals surface area (Å²) < 4.78 is 14.2. The maximum absolute atomic E-state index is 13.6. The van der Waals surface area contributed by atoms with Crippen LogP contribution >= 0.6 is 22.9 Å².